The van der Waals surface area contributed by atoms with Crippen LogP contribution in [-0.2, 0) is 24.7 Å². The van der Waals surface area contributed by atoms with Crippen LogP contribution in [0.3, 0.4) is 0 Å². The molecule has 2 aliphatic rings. The van der Waals surface area contributed by atoms with Gasteiger partial charge in [0.1, 0.15) is 11.5 Å². The Morgan fingerprint density at radius 1 is 1.03 bits per heavy atom. The van der Waals surface area contributed by atoms with E-state index in [1.807, 2.05) is 30.3 Å². The first-order valence-corrected chi connectivity index (χ1v) is 11.6. The molecule has 4 rings (SSSR count). The van der Waals surface area contributed by atoms with Crippen LogP contribution < -0.4 is 19.5 Å². The van der Waals surface area contributed by atoms with Gasteiger partial charge in [-0.1, -0.05) is 24.3 Å². The Morgan fingerprint density at radius 2 is 1.71 bits per heavy atom. The van der Waals surface area contributed by atoms with E-state index in [0.717, 1.165) is 24.3 Å². The fourth-order valence-corrected chi connectivity index (χ4v) is 5.48. The minimum atomic E-state index is -4.44. The molecule has 2 unspecified atom stereocenters. The van der Waals surface area contributed by atoms with E-state index < -0.39 is 21.7 Å². The van der Waals surface area contributed by atoms with E-state index in [9.17, 15) is 13.2 Å². The van der Waals surface area contributed by atoms with Crippen LogP contribution in [0, 0.1) is 0 Å². The molecular formula is C22H26N2O6S. The maximum atomic E-state index is 13.3. The number of methoxy groups -OCH3 is 2. The minimum Gasteiger partial charge on any atom is -0.497 e. The Bertz CT molecular complexity index is 1070. The fourth-order valence-electron chi connectivity index (χ4n) is 5.11. The van der Waals surface area contributed by atoms with Gasteiger partial charge >= 0.3 is 16.3 Å². The smallest absolute Gasteiger partial charge is 0.382 e. The van der Waals surface area contributed by atoms with Crippen LogP contribution in [0.25, 0.3) is 0 Å². The predicted molar refractivity (Wildman–Crippen MR) is 115 cm³/mol. The van der Waals surface area contributed by atoms with E-state index in [0.29, 0.717) is 24.2 Å². The number of nitrogens with zero attached hydrogens (tertiary/aromatic N) is 1. The Hall–Kier alpha value is -2.78. The number of carbonyl (C=O) groups is 1. The minimum absolute atomic E-state index is 0.00859. The number of rotatable bonds is 6. The molecule has 0 aliphatic carbocycles. The first-order chi connectivity index (χ1) is 14.8. The summed E-state index contributed by atoms with van der Waals surface area (Å²) >= 11 is 0. The summed E-state index contributed by atoms with van der Waals surface area (Å²) in [5, 5.41) is 5.05. The van der Waals surface area contributed by atoms with Gasteiger partial charge in [-0.2, -0.15) is 13.6 Å². The molecule has 8 nitrogen and oxygen atoms in total. The summed E-state index contributed by atoms with van der Waals surface area (Å²) in [6, 6.07) is 14.9. The van der Waals surface area contributed by atoms with E-state index in [4.69, 9.17) is 18.8 Å². The summed E-state index contributed by atoms with van der Waals surface area (Å²) in [5.74, 6) is 0.500. The second kappa shape index (κ2) is 8.05. The molecule has 2 N–H and O–H groups in total. The second-order valence-electron chi connectivity index (χ2n) is 8.05. The Morgan fingerprint density at radius 3 is 2.32 bits per heavy atom. The third kappa shape index (κ3) is 3.95. The molecule has 0 aromatic heterocycles. The third-order valence-corrected chi connectivity index (χ3v) is 6.74. The van der Waals surface area contributed by atoms with Crippen molar-refractivity contribution in [1.29, 1.82) is 0 Å². The highest BCUT2D eigenvalue weighted by Gasteiger charge is 2.55. The maximum absolute atomic E-state index is 13.3. The van der Waals surface area contributed by atoms with Crippen molar-refractivity contribution in [2.45, 2.75) is 43.2 Å². The first kappa shape index (κ1) is 21.5. The molecule has 2 saturated heterocycles. The van der Waals surface area contributed by atoms with Gasteiger partial charge in [-0.3, -0.25) is 0 Å². The number of fused-ring (bicyclic) bond motifs is 2. The third-order valence-electron chi connectivity index (χ3n) is 6.36. The van der Waals surface area contributed by atoms with Crippen molar-refractivity contribution in [1.82, 2.24) is 0 Å². The number of piperidine rings is 1. The van der Waals surface area contributed by atoms with Crippen molar-refractivity contribution in [2.24, 2.45) is 5.14 Å². The Kier molecular flexibility index (Phi) is 5.57. The van der Waals surface area contributed by atoms with Gasteiger partial charge in [-0.05, 0) is 55.5 Å². The second-order valence-corrected chi connectivity index (χ2v) is 9.20. The van der Waals surface area contributed by atoms with Crippen LogP contribution in [0.15, 0.2) is 48.5 Å². The van der Waals surface area contributed by atoms with Gasteiger partial charge in [0.25, 0.3) is 0 Å². The van der Waals surface area contributed by atoms with E-state index in [1.54, 1.807) is 32.4 Å². The molecule has 2 aliphatic heterocycles. The Labute approximate surface area is 182 Å². The van der Waals surface area contributed by atoms with Crippen LogP contribution in [0.2, 0.25) is 0 Å². The molecule has 2 atom stereocenters. The lowest BCUT2D eigenvalue weighted by Crippen LogP contribution is -2.54. The molecular weight excluding hydrogens is 420 g/mol. The van der Waals surface area contributed by atoms with Gasteiger partial charge < -0.3 is 18.6 Å². The predicted octanol–water partition coefficient (Wildman–Crippen LogP) is 2.52. The van der Waals surface area contributed by atoms with E-state index in [1.165, 1.54) is 0 Å². The molecule has 2 aromatic rings. The highest BCUT2D eigenvalue weighted by atomic mass is 32.2. The summed E-state index contributed by atoms with van der Waals surface area (Å²) in [6.07, 6.45) is 2.53. The van der Waals surface area contributed by atoms with Gasteiger partial charge in [0.15, 0.2) is 0 Å². The molecule has 2 aromatic carbocycles. The average Bonchev–Trinajstić information content (AvgIpc) is 3.02. The SMILES string of the molecule is COc1cccc(C2(C(=O)OS(N)(=O)=O)CC3CCC(C2)N3c2ccccc2OC)c1. The number of hydrogen-bond donors (Lipinski definition) is 1. The van der Waals surface area contributed by atoms with Crippen molar-refractivity contribution in [3.05, 3.63) is 54.1 Å². The van der Waals surface area contributed by atoms with Gasteiger partial charge in [0.2, 0.25) is 0 Å². The lowest BCUT2D eigenvalue weighted by atomic mass is 9.69. The van der Waals surface area contributed by atoms with Crippen LogP contribution in [0.5, 0.6) is 11.5 Å². The van der Waals surface area contributed by atoms with Crippen molar-refractivity contribution < 1.29 is 26.9 Å². The number of nitrogens with two attached hydrogens (primary N) is 1. The molecule has 31 heavy (non-hydrogen) atoms. The molecule has 0 saturated carbocycles. The number of para-hydroxylation sites is 2. The van der Waals surface area contributed by atoms with E-state index in [-0.39, 0.29) is 12.1 Å². The van der Waals surface area contributed by atoms with Gasteiger partial charge in [-0.15, -0.1) is 0 Å². The van der Waals surface area contributed by atoms with E-state index in [2.05, 4.69) is 4.90 Å². The van der Waals surface area contributed by atoms with E-state index >= 15 is 0 Å². The van der Waals surface area contributed by atoms with Crippen molar-refractivity contribution >= 4 is 22.0 Å². The lowest BCUT2D eigenvalue weighted by molar-refractivity contribution is -0.142. The summed E-state index contributed by atoms with van der Waals surface area (Å²) < 4.78 is 38.9. The quantitative estimate of drug-likeness (QED) is 0.726. The number of carbonyl (C=O) groups excluding carboxylic acids is 1. The average molecular weight is 447 g/mol. The summed E-state index contributed by atoms with van der Waals surface area (Å²) in [4.78, 5) is 15.5. The fraction of sp³-hybridized carbons (Fsp3) is 0.409. The molecule has 2 fully saturated rings. The monoisotopic (exact) mass is 446 g/mol. The molecule has 166 valence electrons. The zero-order valence-corrected chi connectivity index (χ0v) is 18.3. The van der Waals surface area contributed by atoms with Crippen molar-refractivity contribution in [2.75, 3.05) is 19.1 Å². The zero-order valence-electron chi connectivity index (χ0n) is 17.5. The van der Waals surface area contributed by atoms with Crippen molar-refractivity contribution in [3.8, 4) is 11.5 Å². The highest BCUT2D eigenvalue weighted by Crippen LogP contribution is 2.51. The normalized spacial score (nSPS) is 25.2. The molecule has 9 heteroatoms. The highest BCUT2D eigenvalue weighted by molar-refractivity contribution is 7.84. The van der Waals surface area contributed by atoms with Gasteiger partial charge in [0, 0.05) is 12.1 Å². The van der Waals surface area contributed by atoms with Gasteiger partial charge in [-0.25, -0.2) is 4.79 Å². The standard InChI is InChI=1S/C22H26N2O6S/c1-28-18-7-5-6-15(12-18)22(21(25)30-31(23,26)27)13-16-10-11-17(14-22)24(16)19-8-3-4-9-20(19)29-2/h3-9,12,16-17H,10-11,13-14H2,1-2H3,(H2,23,26,27). The molecule has 2 heterocycles. The largest absolute Gasteiger partial charge is 0.497 e. The summed E-state index contributed by atoms with van der Waals surface area (Å²) in [5.41, 5.74) is 0.486. The van der Waals surface area contributed by atoms with Crippen molar-refractivity contribution in [3.63, 3.8) is 0 Å². The number of ether oxygens (including phenoxy) is 2. The number of anilines is 1. The summed E-state index contributed by atoms with van der Waals surface area (Å²) in [6.45, 7) is 0. The molecule has 0 amide bonds. The Balaban J connectivity index is 1.77. The van der Waals surface area contributed by atoms with Crippen LogP contribution in [-0.4, -0.2) is 40.7 Å². The molecule has 0 radical (unpaired) electrons. The van der Waals surface area contributed by atoms with Crippen LogP contribution in [0.4, 0.5) is 5.69 Å². The number of hydrogen-bond acceptors (Lipinski definition) is 7. The first-order valence-electron chi connectivity index (χ1n) is 10.1. The zero-order chi connectivity index (χ0) is 22.2. The molecule has 0 spiro atoms. The maximum Gasteiger partial charge on any atom is 0.382 e. The topological polar surface area (TPSA) is 108 Å². The lowest BCUT2D eigenvalue weighted by Gasteiger charge is -2.46. The molecule has 2 bridgehead atoms. The van der Waals surface area contributed by atoms with Crippen LogP contribution >= 0.6 is 0 Å². The van der Waals surface area contributed by atoms with Crippen LogP contribution in [0.1, 0.15) is 31.2 Å². The number of benzene rings is 2. The summed E-state index contributed by atoms with van der Waals surface area (Å²) in [7, 11) is -1.26. The van der Waals surface area contributed by atoms with Gasteiger partial charge in [0.05, 0.1) is 25.3 Å².